The van der Waals surface area contributed by atoms with Crippen molar-refractivity contribution in [1.29, 1.82) is 0 Å². The van der Waals surface area contributed by atoms with E-state index in [9.17, 15) is 9.90 Å². The first-order valence-corrected chi connectivity index (χ1v) is 7.14. The third-order valence-electron chi connectivity index (χ3n) is 3.40. The number of hydrogen-bond donors (Lipinski definition) is 1. The first-order valence-electron chi connectivity index (χ1n) is 6.01. The first-order chi connectivity index (χ1) is 9.04. The topological polar surface area (TPSA) is 37.3 Å². The van der Waals surface area contributed by atoms with Crippen LogP contribution in [0.2, 0.25) is 10.0 Å². The highest BCUT2D eigenvalue weighted by molar-refractivity contribution is 6.35. The van der Waals surface area contributed by atoms with E-state index in [4.69, 9.17) is 34.8 Å². The van der Waals surface area contributed by atoms with E-state index < -0.39 is 6.10 Å². The molecule has 0 saturated carbocycles. The Hall–Kier alpha value is -0.540. The highest BCUT2D eigenvalue weighted by Crippen LogP contribution is 2.41. The van der Waals surface area contributed by atoms with Crippen molar-refractivity contribution in [2.45, 2.75) is 25.4 Å². The lowest BCUT2D eigenvalue weighted by Gasteiger charge is -2.28. The molecule has 1 N–H and O–H groups in total. The fraction of sp³-hybridized carbons (Fsp3) is 0.357. The van der Waals surface area contributed by atoms with Gasteiger partial charge in [-0.1, -0.05) is 40.9 Å². The third-order valence-corrected chi connectivity index (χ3v) is 4.48. The number of rotatable bonds is 3. The van der Waals surface area contributed by atoms with Gasteiger partial charge in [0.15, 0.2) is 0 Å². The van der Waals surface area contributed by atoms with Crippen LogP contribution in [0.1, 0.15) is 30.9 Å². The number of benzene rings is 1. The molecule has 0 aromatic heterocycles. The fourth-order valence-corrected chi connectivity index (χ4v) is 3.25. The lowest BCUT2D eigenvalue weighted by atomic mass is 9.84. The van der Waals surface area contributed by atoms with Gasteiger partial charge >= 0.3 is 0 Å². The standard InChI is InChI=1S/C14H13Cl3O2/c15-9-4-5-10(12(16)6-9)14(19)11-3-1-2-8(7-18)13(11)17/h4-7,11,14,19H,1-3H2/t11-,14+/m1/s1. The Balaban J connectivity index is 2.33. The normalized spacial score (nSPS) is 21.4. The van der Waals surface area contributed by atoms with Gasteiger partial charge in [0, 0.05) is 26.6 Å². The van der Waals surface area contributed by atoms with Crippen molar-refractivity contribution in [1.82, 2.24) is 0 Å². The molecular formula is C14H13Cl3O2. The lowest BCUT2D eigenvalue weighted by molar-refractivity contribution is -0.105. The van der Waals surface area contributed by atoms with Crippen molar-refractivity contribution in [2.24, 2.45) is 5.92 Å². The zero-order valence-corrected chi connectivity index (χ0v) is 12.3. The van der Waals surface area contributed by atoms with Crippen molar-refractivity contribution in [3.63, 3.8) is 0 Å². The summed E-state index contributed by atoms with van der Waals surface area (Å²) in [5.74, 6) is -0.283. The zero-order chi connectivity index (χ0) is 14.0. The van der Waals surface area contributed by atoms with Crippen LogP contribution in [0.25, 0.3) is 0 Å². The second-order valence-electron chi connectivity index (χ2n) is 4.60. The minimum Gasteiger partial charge on any atom is -0.388 e. The molecule has 102 valence electrons. The maximum absolute atomic E-state index is 10.9. The largest absolute Gasteiger partial charge is 0.388 e. The summed E-state index contributed by atoms with van der Waals surface area (Å²) in [7, 11) is 0. The highest BCUT2D eigenvalue weighted by Gasteiger charge is 2.30. The van der Waals surface area contributed by atoms with Crippen LogP contribution in [0.15, 0.2) is 28.8 Å². The Morgan fingerprint density at radius 1 is 1.32 bits per heavy atom. The number of allylic oxidation sites excluding steroid dienone is 1. The smallest absolute Gasteiger partial charge is 0.147 e. The average Bonchev–Trinajstić information content (AvgIpc) is 2.38. The minimum atomic E-state index is -0.826. The van der Waals surface area contributed by atoms with Crippen LogP contribution in [0.4, 0.5) is 0 Å². The molecule has 0 fully saturated rings. The molecule has 1 aliphatic carbocycles. The maximum Gasteiger partial charge on any atom is 0.147 e. The van der Waals surface area contributed by atoms with Crippen LogP contribution in [0.3, 0.4) is 0 Å². The molecule has 0 amide bonds. The van der Waals surface area contributed by atoms with E-state index in [2.05, 4.69) is 0 Å². The zero-order valence-electron chi connectivity index (χ0n) is 10.1. The summed E-state index contributed by atoms with van der Waals surface area (Å²) in [5, 5.41) is 11.8. The van der Waals surface area contributed by atoms with Crippen molar-refractivity contribution in [2.75, 3.05) is 0 Å². The Bertz CT molecular complexity index is 525. The van der Waals surface area contributed by atoms with E-state index >= 15 is 0 Å². The Kier molecular flexibility index (Phi) is 4.91. The van der Waals surface area contributed by atoms with Gasteiger partial charge in [0.25, 0.3) is 0 Å². The number of carbonyl (C=O) groups excluding carboxylic acids is 1. The molecule has 0 heterocycles. The quantitative estimate of drug-likeness (QED) is 0.832. The highest BCUT2D eigenvalue weighted by atomic mass is 35.5. The minimum absolute atomic E-state index is 0.283. The van der Waals surface area contributed by atoms with Gasteiger partial charge in [0.05, 0.1) is 6.10 Å². The Morgan fingerprint density at radius 2 is 2.05 bits per heavy atom. The van der Waals surface area contributed by atoms with E-state index in [0.717, 1.165) is 19.1 Å². The molecule has 0 aliphatic heterocycles. The summed E-state index contributed by atoms with van der Waals surface area (Å²) >= 11 is 18.1. The molecule has 0 unspecified atom stereocenters. The predicted molar refractivity (Wildman–Crippen MR) is 77.7 cm³/mol. The first kappa shape index (κ1) is 14.9. The molecule has 1 aliphatic rings. The summed E-state index contributed by atoms with van der Waals surface area (Å²) in [5.41, 5.74) is 1.16. The van der Waals surface area contributed by atoms with Gasteiger partial charge in [-0.2, -0.15) is 0 Å². The van der Waals surface area contributed by atoms with Gasteiger partial charge in [-0.15, -0.1) is 0 Å². The summed E-state index contributed by atoms with van der Waals surface area (Å²) < 4.78 is 0. The maximum atomic E-state index is 10.9. The Morgan fingerprint density at radius 3 is 2.68 bits per heavy atom. The number of hydrogen-bond acceptors (Lipinski definition) is 2. The fourth-order valence-electron chi connectivity index (χ4n) is 2.37. The number of aliphatic hydroxyl groups excluding tert-OH is 1. The molecule has 0 radical (unpaired) electrons. The van der Waals surface area contributed by atoms with Crippen LogP contribution in [-0.4, -0.2) is 11.4 Å². The average molecular weight is 320 g/mol. The summed E-state index contributed by atoms with van der Waals surface area (Å²) in [6.45, 7) is 0. The molecule has 0 bridgehead atoms. The molecule has 19 heavy (non-hydrogen) atoms. The number of halogens is 3. The van der Waals surface area contributed by atoms with Gasteiger partial charge in [-0.05, 0) is 37.0 Å². The summed E-state index contributed by atoms with van der Waals surface area (Å²) in [6, 6.07) is 4.95. The number of aliphatic hydroxyl groups is 1. The van der Waals surface area contributed by atoms with E-state index in [1.54, 1.807) is 18.2 Å². The number of carbonyl (C=O) groups is 1. The van der Waals surface area contributed by atoms with Crippen molar-refractivity contribution >= 4 is 41.1 Å². The monoisotopic (exact) mass is 318 g/mol. The predicted octanol–water partition coefficient (Wildman–Crippen LogP) is 4.52. The van der Waals surface area contributed by atoms with Gasteiger partial charge < -0.3 is 5.11 Å². The third kappa shape index (κ3) is 3.14. The molecular weight excluding hydrogens is 307 g/mol. The molecule has 1 aromatic carbocycles. The van der Waals surface area contributed by atoms with E-state index in [1.165, 1.54) is 0 Å². The SMILES string of the molecule is O=CC1=C(Cl)[C@H]([C@@H](O)c2ccc(Cl)cc2Cl)CCC1. The molecule has 2 nitrogen and oxygen atoms in total. The van der Waals surface area contributed by atoms with Crippen LogP contribution in [-0.2, 0) is 4.79 Å². The molecule has 2 rings (SSSR count). The molecule has 1 aromatic rings. The van der Waals surface area contributed by atoms with Crippen molar-refractivity contribution in [3.05, 3.63) is 44.4 Å². The van der Waals surface area contributed by atoms with Crippen molar-refractivity contribution in [3.8, 4) is 0 Å². The van der Waals surface area contributed by atoms with Crippen LogP contribution < -0.4 is 0 Å². The second kappa shape index (κ2) is 6.27. The molecule has 0 saturated heterocycles. The van der Waals surface area contributed by atoms with Crippen LogP contribution >= 0.6 is 34.8 Å². The molecule has 0 spiro atoms. The molecule has 2 atom stereocenters. The van der Waals surface area contributed by atoms with E-state index in [1.807, 2.05) is 0 Å². The number of aldehydes is 1. The second-order valence-corrected chi connectivity index (χ2v) is 5.85. The van der Waals surface area contributed by atoms with E-state index in [0.29, 0.717) is 32.6 Å². The van der Waals surface area contributed by atoms with Crippen molar-refractivity contribution < 1.29 is 9.90 Å². The van der Waals surface area contributed by atoms with Crippen LogP contribution in [0, 0.1) is 5.92 Å². The summed E-state index contributed by atoms with van der Waals surface area (Å²) in [4.78, 5) is 10.9. The molecule has 5 heteroatoms. The summed E-state index contributed by atoms with van der Waals surface area (Å²) in [6.07, 6.45) is 2.17. The lowest BCUT2D eigenvalue weighted by Crippen LogP contribution is -2.18. The van der Waals surface area contributed by atoms with Gasteiger partial charge in [-0.3, -0.25) is 4.79 Å². The Labute approximate surface area is 127 Å². The van der Waals surface area contributed by atoms with Gasteiger partial charge in [0.1, 0.15) is 6.29 Å². The van der Waals surface area contributed by atoms with Gasteiger partial charge in [-0.25, -0.2) is 0 Å². The van der Waals surface area contributed by atoms with Gasteiger partial charge in [0.2, 0.25) is 0 Å². The van der Waals surface area contributed by atoms with E-state index in [-0.39, 0.29) is 5.92 Å². The van der Waals surface area contributed by atoms with Crippen LogP contribution in [0.5, 0.6) is 0 Å².